The Balaban J connectivity index is 1.73. The van der Waals surface area contributed by atoms with Gasteiger partial charge in [0.05, 0.1) is 26.3 Å². The highest BCUT2D eigenvalue weighted by Gasteiger charge is 2.13. The first kappa shape index (κ1) is 18.4. The Kier molecular flexibility index (Phi) is 5.90. The van der Waals surface area contributed by atoms with Gasteiger partial charge in [0.2, 0.25) is 5.91 Å². The maximum Gasteiger partial charge on any atom is 0.230 e. The number of carbonyl (C=O) groups is 1. The van der Waals surface area contributed by atoms with E-state index in [1.807, 2.05) is 47.8 Å². The Morgan fingerprint density at radius 1 is 1.15 bits per heavy atom. The molecule has 5 nitrogen and oxygen atoms in total. The normalized spacial score (nSPS) is 10.4. The van der Waals surface area contributed by atoms with Crippen LogP contribution in [-0.2, 0) is 11.2 Å². The first-order chi connectivity index (χ1) is 12.6. The molecule has 0 saturated heterocycles. The van der Waals surface area contributed by atoms with Crippen molar-refractivity contribution in [3.8, 4) is 22.8 Å². The van der Waals surface area contributed by atoms with Crippen molar-refractivity contribution in [3.63, 3.8) is 0 Å². The number of carbonyl (C=O) groups excluding carboxylic acids is 1. The lowest BCUT2D eigenvalue weighted by Gasteiger charge is -2.08. The minimum absolute atomic E-state index is 0.106. The van der Waals surface area contributed by atoms with Crippen LogP contribution in [0.25, 0.3) is 11.3 Å². The molecule has 0 spiro atoms. The standard InChI is InChI=1S/C19H17BrN2O3S/c1-24-14-7-8-17(25-2)15(10-14)16-11-26-19(21-16)22-18(23)9-12-3-5-13(20)6-4-12/h3-8,10-11H,9H2,1-2H3,(H,21,22,23). The summed E-state index contributed by atoms with van der Waals surface area (Å²) in [6.07, 6.45) is 0.296. The number of methoxy groups -OCH3 is 2. The molecule has 1 heterocycles. The maximum atomic E-state index is 12.2. The number of nitrogens with one attached hydrogen (secondary N) is 1. The van der Waals surface area contributed by atoms with Gasteiger partial charge in [0.1, 0.15) is 11.5 Å². The van der Waals surface area contributed by atoms with Crippen molar-refractivity contribution in [1.29, 1.82) is 0 Å². The minimum Gasteiger partial charge on any atom is -0.497 e. The van der Waals surface area contributed by atoms with Crippen LogP contribution in [0.4, 0.5) is 5.13 Å². The van der Waals surface area contributed by atoms with Crippen molar-refractivity contribution in [2.24, 2.45) is 0 Å². The van der Waals surface area contributed by atoms with Crippen LogP contribution in [0.3, 0.4) is 0 Å². The number of hydrogen-bond donors (Lipinski definition) is 1. The van der Waals surface area contributed by atoms with Gasteiger partial charge in [-0.3, -0.25) is 4.79 Å². The van der Waals surface area contributed by atoms with Crippen LogP contribution in [0.5, 0.6) is 11.5 Å². The number of ether oxygens (including phenoxy) is 2. The van der Waals surface area contributed by atoms with E-state index in [2.05, 4.69) is 26.2 Å². The first-order valence-electron chi connectivity index (χ1n) is 7.81. The molecule has 0 unspecified atom stereocenters. The van der Waals surface area contributed by atoms with Crippen molar-refractivity contribution in [1.82, 2.24) is 4.98 Å². The molecule has 26 heavy (non-hydrogen) atoms. The Bertz CT molecular complexity index is 909. The summed E-state index contributed by atoms with van der Waals surface area (Å²) in [4.78, 5) is 16.7. The molecule has 0 fully saturated rings. The highest BCUT2D eigenvalue weighted by molar-refractivity contribution is 9.10. The fourth-order valence-corrected chi connectivity index (χ4v) is 3.41. The third-order valence-corrected chi connectivity index (χ3v) is 5.00. The van der Waals surface area contributed by atoms with Crippen LogP contribution in [-0.4, -0.2) is 25.1 Å². The van der Waals surface area contributed by atoms with E-state index >= 15 is 0 Å². The van der Waals surface area contributed by atoms with E-state index in [1.165, 1.54) is 11.3 Å². The zero-order chi connectivity index (χ0) is 18.5. The molecule has 1 aromatic heterocycles. The summed E-state index contributed by atoms with van der Waals surface area (Å²) in [6.45, 7) is 0. The zero-order valence-corrected chi connectivity index (χ0v) is 16.7. The van der Waals surface area contributed by atoms with Gasteiger partial charge in [0.15, 0.2) is 5.13 Å². The molecule has 3 rings (SSSR count). The number of benzene rings is 2. The predicted molar refractivity (Wildman–Crippen MR) is 107 cm³/mol. The van der Waals surface area contributed by atoms with E-state index in [-0.39, 0.29) is 5.91 Å². The summed E-state index contributed by atoms with van der Waals surface area (Å²) in [7, 11) is 3.22. The number of hydrogen-bond acceptors (Lipinski definition) is 5. The summed E-state index contributed by atoms with van der Waals surface area (Å²) in [5.74, 6) is 1.31. The highest BCUT2D eigenvalue weighted by atomic mass is 79.9. The average molecular weight is 433 g/mol. The van der Waals surface area contributed by atoms with E-state index in [0.717, 1.165) is 27.0 Å². The number of rotatable bonds is 6. The average Bonchev–Trinajstić information content (AvgIpc) is 3.11. The molecule has 0 aliphatic heterocycles. The molecule has 0 radical (unpaired) electrons. The topological polar surface area (TPSA) is 60.5 Å². The molecule has 0 atom stereocenters. The quantitative estimate of drug-likeness (QED) is 0.609. The second-order valence-corrected chi connectivity index (χ2v) is 7.23. The smallest absolute Gasteiger partial charge is 0.230 e. The van der Waals surface area contributed by atoms with Crippen molar-refractivity contribution < 1.29 is 14.3 Å². The van der Waals surface area contributed by atoms with E-state index in [4.69, 9.17) is 9.47 Å². The number of anilines is 1. The summed E-state index contributed by atoms with van der Waals surface area (Å²) in [5.41, 5.74) is 2.48. The first-order valence-corrected chi connectivity index (χ1v) is 9.48. The number of nitrogens with zero attached hydrogens (tertiary/aromatic N) is 1. The molecule has 134 valence electrons. The lowest BCUT2D eigenvalue weighted by atomic mass is 10.1. The third kappa shape index (κ3) is 4.42. The van der Waals surface area contributed by atoms with Crippen molar-refractivity contribution in [2.75, 3.05) is 19.5 Å². The third-order valence-electron chi connectivity index (χ3n) is 3.71. The largest absolute Gasteiger partial charge is 0.497 e. The molecule has 1 amide bonds. The van der Waals surface area contributed by atoms with Crippen LogP contribution in [0, 0.1) is 0 Å². The summed E-state index contributed by atoms with van der Waals surface area (Å²) in [6, 6.07) is 13.2. The molecule has 0 bridgehead atoms. The number of halogens is 1. The summed E-state index contributed by atoms with van der Waals surface area (Å²) >= 11 is 4.76. The lowest BCUT2D eigenvalue weighted by Crippen LogP contribution is -2.14. The van der Waals surface area contributed by atoms with Gasteiger partial charge in [0, 0.05) is 15.4 Å². The van der Waals surface area contributed by atoms with Gasteiger partial charge in [-0.15, -0.1) is 11.3 Å². The van der Waals surface area contributed by atoms with E-state index in [1.54, 1.807) is 14.2 Å². The number of aromatic nitrogens is 1. The fraction of sp³-hybridized carbons (Fsp3) is 0.158. The van der Waals surface area contributed by atoms with Gasteiger partial charge in [-0.25, -0.2) is 4.98 Å². The SMILES string of the molecule is COc1ccc(OC)c(-c2csc(NC(=O)Cc3ccc(Br)cc3)n2)c1. The predicted octanol–water partition coefficient (Wildman–Crippen LogP) is 4.77. The van der Waals surface area contributed by atoms with Gasteiger partial charge in [-0.05, 0) is 35.9 Å². The van der Waals surface area contributed by atoms with Gasteiger partial charge >= 0.3 is 0 Å². The Labute approximate surface area is 164 Å². The molecule has 1 N–H and O–H groups in total. The molecule has 7 heteroatoms. The van der Waals surface area contributed by atoms with Crippen molar-refractivity contribution in [2.45, 2.75) is 6.42 Å². The zero-order valence-electron chi connectivity index (χ0n) is 14.3. The summed E-state index contributed by atoms with van der Waals surface area (Å²) in [5, 5.41) is 5.28. The van der Waals surface area contributed by atoms with Gasteiger partial charge in [-0.2, -0.15) is 0 Å². The number of amides is 1. The Hall–Kier alpha value is -2.38. The highest BCUT2D eigenvalue weighted by Crippen LogP contribution is 2.35. The Morgan fingerprint density at radius 2 is 1.92 bits per heavy atom. The van der Waals surface area contributed by atoms with Crippen LogP contribution in [0.2, 0.25) is 0 Å². The van der Waals surface area contributed by atoms with Gasteiger partial charge in [-0.1, -0.05) is 28.1 Å². The van der Waals surface area contributed by atoms with Crippen molar-refractivity contribution in [3.05, 3.63) is 57.9 Å². The van der Waals surface area contributed by atoms with E-state index in [0.29, 0.717) is 17.3 Å². The molecule has 0 aliphatic carbocycles. The van der Waals surface area contributed by atoms with E-state index < -0.39 is 0 Å². The molecule has 0 aliphatic rings. The Morgan fingerprint density at radius 3 is 2.62 bits per heavy atom. The lowest BCUT2D eigenvalue weighted by molar-refractivity contribution is -0.115. The molecule has 2 aromatic carbocycles. The van der Waals surface area contributed by atoms with Gasteiger partial charge in [0.25, 0.3) is 0 Å². The number of thiazole rings is 1. The molecular weight excluding hydrogens is 416 g/mol. The van der Waals surface area contributed by atoms with Crippen LogP contribution >= 0.6 is 27.3 Å². The van der Waals surface area contributed by atoms with Crippen molar-refractivity contribution >= 4 is 38.3 Å². The summed E-state index contributed by atoms with van der Waals surface area (Å²) < 4.78 is 11.6. The fourth-order valence-electron chi connectivity index (χ4n) is 2.42. The molecule has 3 aromatic rings. The molecule has 0 saturated carbocycles. The monoisotopic (exact) mass is 432 g/mol. The minimum atomic E-state index is -0.106. The van der Waals surface area contributed by atoms with Gasteiger partial charge < -0.3 is 14.8 Å². The van der Waals surface area contributed by atoms with E-state index in [9.17, 15) is 4.79 Å². The second-order valence-electron chi connectivity index (χ2n) is 5.46. The maximum absolute atomic E-state index is 12.2. The van der Waals surface area contributed by atoms with Crippen LogP contribution < -0.4 is 14.8 Å². The second kappa shape index (κ2) is 8.33. The molecular formula is C19H17BrN2O3S. The van der Waals surface area contributed by atoms with Crippen LogP contribution in [0.1, 0.15) is 5.56 Å². The van der Waals surface area contributed by atoms with Crippen LogP contribution in [0.15, 0.2) is 52.3 Å².